The predicted octanol–water partition coefficient (Wildman–Crippen LogP) is 2.39. The van der Waals surface area contributed by atoms with E-state index in [-0.39, 0.29) is 23.3 Å². The Morgan fingerprint density at radius 3 is 2.80 bits per heavy atom. The molecule has 0 aliphatic carbocycles. The van der Waals surface area contributed by atoms with Crippen molar-refractivity contribution in [2.75, 3.05) is 32.8 Å². The smallest absolute Gasteiger partial charge is 0.251 e. The number of likely N-dealkylation sites (tertiary alicyclic amines) is 1. The number of nitrogens with zero attached hydrogens (tertiary/aromatic N) is 3. The second-order valence-corrected chi connectivity index (χ2v) is 10.3. The van der Waals surface area contributed by atoms with Crippen LogP contribution in [0, 0.1) is 5.82 Å². The lowest BCUT2D eigenvalue weighted by Gasteiger charge is -2.37. The molecule has 2 N–H and O–H groups in total. The minimum atomic E-state index is -0.562. The van der Waals surface area contributed by atoms with Crippen LogP contribution < -0.4 is 20.3 Å². The van der Waals surface area contributed by atoms with E-state index in [0.29, 0.717) is 56.0 Å². The predicted molar refractivity (Wildman–Crippen MR) is 132 cm³/mol. The van der Waals surface area contributed by atoms with E-state index < -0.39 is 6.10 Å². The van der Waals surface area contributed by atoms with Gasteiger partial charge in [-0.25, -0.2) is 4.39 Å². The highest BCUT2D eigenvalue weighted by Gasteiger charge is 2.34. The van der Waals surface area contributed by atoms with Gasteiger partial charge in [0.25, 0.3) is 5.56 Å². The standard InChI is InChI=1S/C25H26BrFN4O4/c26-16-8-22-21(34-5-6-35-22)7-14(16)9-28-18-3-4-30(13-20(18)32)11-15-12-31-23(33)2-1-19-25(31)24(15)17(27)10-29-19/h1-2,7-8,10,15,18,20,28,32H,3-6,9,11-13H2/t15?,18-,20+/m0/s1. The van der Waals surface area contributed by atoms with E-state index >= 15 is 0 Å². The van der Waals surface area contributed by atoms with Crippen LogP contribution in [0.5, 0.6) is 11.5 Å². The first-order valence-electron chi connectivity index (χ1n) is 11.9. The van der Waals surface area contributed by atoms with E-state index in [1.165, 1.54) is 12.3 Å². The minimum absolute atomic E-state index is 0.0564. The molecule has 184 valence electrons. The van der Waals surface area contributed by atoms with Crippen LogP contribution in [0.2, 0.25) is 0 Å². The summed E-state index contributed by atoms with van der Waals surface area (Å²) in [6.45, 7) is 3.93. The van der Waals surface area contributed by atoms with Crippen LogP contribution in [0.25, 0.3) is 11.0 Å². The summed E-state index contributed by atoms with van der Waals surface area (Å²) in [6, 6.07) is 6.97. The van der Waals surface area contributed by atoms with Crippen molar-refractivity contribution in [3.8, 4) is 11.5 Å². The van der Waals surface area contributed by atoms with E-state index in [4.69, 9.17) is 9.47 Å². The van der Waals surface area contributed by atoms with Gasteiger partial charge >= 0.3 is 0 Å². The van der Waals surface area contributed by atoms with Gasteiger partial charge in [0.15, 0.2) is 11.5 Å². The van der Waals surface area contributed by atoms with Crippen LogP contribution >= 0.6 is 15.9 Å². The van der Waals surface area contributed by atoms with Crippen molar-refractivity contribution in [1.82, 2.24) is 19.8 Å². The summed E-state index contributed by atoms with van der Waals surface area (Å²) in [7, 11) is 0. The van der Waals surface area contributed by atoms with Crippen molar-refractivity contribution in [1.29, 1.82) is 0 Å². The third kappa shape index (κ3) is 4.22. The highest BCUT2D eigenvalue weighted by atomic mass is 79.9. The average Bonchev–Trinajstić information content (AvgIpc) is 3.23. The third-order valence-electron chi connectivity index (χ3n) is 7.21. The number of nitrogens with one attached hydrogen (secondary N) is 1. The van der Waals surface area contributed by atoms with Gasteiger partial charge in [-0.05, 0) is 36.7 Å². The van der Waals surface area contributed by atoms with Gasteiger partial charge in [-0.3, -0.25) is 14.7 Å². The Morgan fingerprint density at radius 1 is 1.20 bits per heavy atom. The molecule has 6 rings (SSSR count). The van der Waals surface area contributed by atoms with E-state index in [9.17, 15) is 14.3 Å². The first-order chi connectivity index (χ1) is 17.0. The van der Waals surface area contributed by atoms with Crippen molar-refractivity contribution in [2.45, 2.75) is 37.6 Å². The molecule has 3 aromatic rings. The third-order valence-corrected chi connectivity index (χ3v) is 7.95. The zero-order chi connectivity index (χ0) is 24.1. The first-order valence-corrected chi connectivity index (χ1v) is 12.7. The lowest BCUT2D eigenvalue weighted by atomic mass is 9.97. The number of aliphatic hydroxyl groups excluding tert-OH is 1. The molecule has 1 saturated heterocycles. The topological polar surface area (TPSA) is 88.9 Å². The van der Waals surface area contributed by atoms with Crippen molar-refractivity contribution < 1.29 is 19.0 Å². The van der Waals surface area contributed by atoms with Crippen LogP contribution in [0.3, 0.4) is 0 Å². The number of β-amino-alcohol motifs (C(OH)–C–C–N with tert-alkyl or cyclic N) is 1. The molecule has 35 heavy (non-hydrogen) atoms. The molecule has 0 saturated carbocycles. The number of pyridine rings is 2. The Labute approximate surface area is 209 Å². The maximum absolute atomic E-state index is 14.8. The number of fused-ring (bicyclic) bond motifs is 1. The number of piperidine rings is 1. The number of rotatable bonds is 5. The van der Waals surface area contributed by atoms with E-state index in [0.717, 1.165) is 34.5 Å². The summed E-state index contributed by atoms with van der Waals surface area (Å²) in [5, 5.41) is 14.4. The molecule has 5 heterocycles. The Kier molecular flexibility index (Phi) is 6.00. The zero-order valence-corrected chi connectivity index (χ0v) is 20.6. The van der Waals surface area contributed by atoms with Crippen LogP contribution in [0.15, 0.2) is 39.7 Å². The molecule has 1 unspecified atom stereocenters. The number of hydrogen-bond donors (Lipinski definition) is 2. The van der Waals surface area contributed by atoms with Gasteiger partial charge in [-0.1, -0.05) is 15.9 Å². The van der Waals surface area contributed by atoms with Crippen LogP contribution in [-0.2, 0) is 13.1 Å². The Balaban J connectivity index is 1.10. The molecule has 3 atom stereocenters. The maximum atomic E-state index is 14.8. The first kappa shape index (κ1) is 22.9. The molecule has 2 aromatic heterocycles. The van der Waals surface area contributed by atoms with E-state index in [1.54, 1.807) is 10.6 Å². The summed E-state index contributed by atoms with van der Waals surface area (Å²) in [5.74, 6) is 0.947. The van der Waals surface area contributed by atoms with Crippen molar-refractivity contribution in [2.24, 2.45) is 0 Å². The normalized spacial score (nSPS) is 23.7. The quantitative estimate of drug-likeness (QED) is 0.509. The second-order valence-electron chi connectivity index (χ2n) is 9.42. The Morgan fingerprint density at radius 2 is 2.00 bits per heavy atom. The molecule has 0 spiro atoms. The van der Waals surface area contributed by atoms with Gasteiger partial charge in [0.05, 0.1) is 23.3 Å². The Bertz CT molecular complexity index is 1350. The summed E-state index contributed by atoms with van der Waals surface area (Å²) in [6.07, 6.45) is 1.44. The fraction of sp³-hybridized carbons (Fsp3) is 0.440. The molecule has 3 aliphatic heterocycles. The summed E-state index contributed by atoms with van der Waals surface area (Å²) >= 11 is 3.60. The number of aromatic nitrogens is 2. The number of aliphatic hydroxyl groups is 1. The van der Waals surface area contributed by atoms with Gasteiger partial charge < -0.3 is 24.5 Å². The lowest BCUT2D eigenvalue weighted by Crippen LogP contribution is -2.53. The second kappa shape index (κ2) is 9.16. The largest absolute Gasteiger partial charge is 0.486 e. The Hall–Kier alpha value is -2.53. The molecule has 0 radical (unpaired) electrons. The highest BCUT2D eigenvalue weighted by molar-refractivity contribution is 9.10. The summed E-state index contributed by atoms with van der Waals surface area (Å²) in [5.41, 5.74) is 2.70. The van der Waals surface area contributed by atoms with Gasteiger partial charge in [-0.15, -0.1) is 0 Å². The van der Waals surface area contributed by atoms with Crippen LogP contribution in [-0.4, -0.2) is 64.6 Å². The molecular formula is C25H26BrFN4O4. The molecule has 10 heteroatoms. The molecule has 3 aliphatic rings. The van der Waals surface area contributed by atoms with E-state index in [2.05, 4.69) is 31.1 Å². The van der Waals surface area contributed by atoms with Crippen LogP contribution in [0.4, 0.5) is 4.39 Å². The van der Waals surface area contributed by atoms with Crippen molar-refractivity contribution >= 4 is 27.0 Å². The highest BCUT2D eigenvalue weighted by Crippen LogP contribution is 2.36. The summed E-state index contributed by atoms with van der Waals surface area (Å²) < 4.78 is 28.6. The number of hydrogen-bond acceptors (Lipinski definition) is 7. The monoisotopic (exact) mass is 544 g/mol. The minimum Gasteiger partial charge on any atom is -0.486 e. The van der Waals surface area contributed by atoms with Crippen molar-refractivity contribution in [3.05, 3.63) is 62.2 Å². The molecule has 0 amide bonds. The van der Waals surface area contributed by atoms with Crippen molar-refractivity contribution in [3.63, 3.8) is 0 Å². The number of ether oxygens (including phenoxy) is 2. The molecule has 8 nitrogen and oxygen atoms in total. The van der Waals surface area contributed by atoms with Gasteiger partial charge in [-0.2, -0.15) is 0 Å². The molecule has 1 fully saturated rings. The fourth-order valence-electron chi connectivity index (χ4n) is 5.49. The van der Waals surface area contributed by atoms with Gasteiger partial charge in [0, 0.05) is 54.2 Å². The van der Waals surface area contributed by atoms with Gasteiger partial charge in [0.1, 0.15) is 19.0 Å². The van der Waals surface area contributed by atoms with Gasteiger partial charge in [0.2, 0.25) is 0 Å². The average molecular weight is 545 g/mol. The fourth-order valence-corrected chi connectivity index (χ4v) is 5.95. The SMILES string of the molecule is O=c1ccc2ncc(F)c3c2n1CC3CN1CC[C@H](NCc2cc3c(cc2Br)OCCO3)[C@H](O)C1. The van der Waals surface area contributed by atoms with E-state index in [1.807, 2.05) is 12.1 Å². The summed E-state index contributed by atoms with van der Waals surface area (Å²) in [4.78, 5) is 18.7. The number of halogens is 2. The van der Waals surface area contributed by atoms with Crippen LogP contribution in [0.1, 0.15) is 23.5 Å². The maximum Gasteiger partial charge on any atom is 0.251 e. The lowest BCUT2D eigenvalue weighted by molar-refractivity contribution is 0.0368. The zero-order valence-electron chi connectivity index (χ0n) is 19.0. The molecular weight excluding hydrogens is 519 g/mol. The molecule has 0 bridgehead atoms. The molecule has 1 aromatic carbocycles. The number of benzene rings is 1.